The van der Waals surface area contributed by atoms with E-state index in [4.69, 9.17) is 14.2 Å². The van der Waals surface area contributed by atoms with E-state index in [1.54, 1.807) is 31.2 Å². The molecule has 0 N–H and O–H groups in total. The zero-order valence-electron chi connectivity index (χ0n) is 18.1. The Labute approximate surface area is 186 Å². The molecule has 0 aliphatic carbocycles. The Kier molecular flexibility index (Phi) is 8.82. The molecular formula is C21H26N2O8S. The molecule has 11 heteroatoms. The molecular weight excluding hydrogens is 440 g/mol. The van der Waals surface area contributed by atoms with Gasteiger partial charge < -0.3 is 14.2 Å². The van der Waals surface area contributed by atoms with Gasteiger partial charge in [-0.25, -0.2) is 8.42 Å². The van der Waals surface area contributed by atoms with E-state index in [0.717, 1.165) is 10.6 Å². The molecule has 174 valence electrons. The molecule has 0 aromatic heterocycles. The fraction of sp³-hybridized carbons (Fsp3) is 0.381. The second-order valence-corrected chi connectivity index (χ2v) is 8.69. The summed E-state index contributed by atoms with van der Waals surface area (Å²) >= 11 is 0. The van der Waals surface area contributed by atoms with Gasteiger partial charge in [0.1, 0.15) is 17.2 Å². The van der Waals surface area contributed by atoms with E-state index in [2.05, 4.69) is 0 Å². The van der Waals surface area contributed by atoms with Gasteiger partial charge in [-0.15, -0.1) is 0 Å². The summed E-state index contributed by atoms with van der Waals surface area (Å²) in [6.45, 7) is 2.05. The molecule has 2 aromatic carbocycles. The molecule has 0 fully saturated rings. The number of methoxy groups -OCH3 is 1. The first-order chi connectivity index (χ1) is 15.2. The van der Waals surface area contributed by atoms with Crippen LogP contribution in [0.15, 0.2) is 42.5 Å². The number of hydrogen-bond donors (Lipinski definition) is 0. The molecule has 0 aliphatic heterocycles. The van der Waals surface area contributed by atoms with E-state index in [-0.39, 0.29) is 42.7 Å². The lowest BCUT2D eigenvalue weighted by molar-refractivity contribution is -0.384. The van der Waals surface area contributed by atoms with E-state index >= 15 is 0 Å². The summed E-state index contributed by atoms with van der Waals surface area (Å²) < 4.78 is 41.5. The fourth-order valence-corrected chi connectivity index (χ4v) is 3.75. The Morgan fingerprint density at radius 2 is 1.78 bits per heavy atom. The molecule has 0 saturated carbocycles. The van der Waals surface area contributed by atoms with Crippen molar-refractivity contribution in [3.63, 3.8) is 0 Å². The Bertz CT molecular complexity index is 1040. The number of benzene rings is 2. The standard InChI is InChI=1S/C21H26N2O8S/c1-4-30-21(24)6-5-13-31-18-11-12-19(23(25)26)20(14-18)22(32(3,27)28)15-16-7-9-17(29-2)10-8-16/h7-12,14H,4-6,13,15H2,1-3H3. The number of carbonyl (C=O) groups excluding carboxylic acids is 1. The highest BCUT2D eigenvalue weighted by molar-refractivity contribution is 7.92. The SMILES string of the molecule is CCOC(=O)CCCOc1ccc([N+](=O)[O-])c(N(Cc2ccc(OC)cc2)S(C)(=O)=O)c1. The maximum Gasteiger partial charge on any atom is 0.305 e. The summed E-state index contributed by atoms with van der Waals surface area (Å²) in [7, 11) is -2.35. The van der Waals surface area contributed by atoms with Crippen LogP contribution in [-0.2, 0) is 26.1 Å². The van der Waals surface area contributed by atoms with Gasteiger partial charge in [-0.1, -0.05) is 12.1 Å². The highest BCUT2D eigenvalue weighted by Gasteiger charge is 2.27. The van der Waals surface area contributed by atoms with E-state index in [0.29, 0.717) is 24.3 Å². The molecule has 32 heavy (non-hydrogen) atoms. The van der Waals surface area contributed by atoms with Crippen LogP contribution in [0.2, 0.25) is 0 Å². The highest BCUT2D eigenvalue weighted by atomic mass is 32.2. The zero-order chi connectivity index (χ0) is 23.7. The van der Waals surface area contributed by atoms with Gasteiger partial charge in [-0.2, -0.15) is 0 Å². The number of nitro groups is 1. The van der Waals surface area contributed by atoms with Gasteiger partial charge >= 0.3 is 5.97 Å². The van der Waals surface area contributed by atoms with Crippen molar-refractivity contribution in [3.8, 4) is 11.5 Å². The number of anilines is 1. The van der Waals surface area contributed by atoms with Crippen molar-refractivity contribution in [1.29, 1.82) is 0 Å². The molecule has 0 atom stereocenters. The predicted molar refractivity (Wildman–Crippen MR) is 118 cm³/mol. The third kappa shape index (κ3) is 7.12. The van der Waals surface area contributed by atoms with Crippen molar-refractivity contribution in [2.45, 2.75) is 26.3 Å². The van der Waals surface area contributed by atoms with Crippen LogP contribution in [-0.4, -0.2) is 45.9 Å². The molecule has 0 heterocycles. The summed E-state index contributed by atoms with van der Waals surface area (Å²) in [6, 6.07) is 10.6. The van der Waals surface area contributed by atoms with Crippen LogP contribution < -0.4 is 13.8 Å². The molecule has 0 saturated heterocycles. The topological polar surface area (TPSA) is 125 Å². The Morgan fingerprint density at radius 3 is 2.34 bits per heavy atom. The van der Waals surface area contributed by atoms with Crippen molar-refractivity contribution in [2.24, 2.45) is 0 Å². The number of ether oxygens (including phenoxy) is 3. The van der Waals surface area contributed by atoms with Crippen LogP contribution in [0.4, 0.5) is 11.4 Å². The maximum absolute atomic E-state index is 12.5. The minimum atomic E-state index is -3.87. The lowest BCUT2D eigenvalue weighted by Crippen LogP contribution is -2.30. The summed E-state index contributed by atoms with van der Waals surface area (Å²) in [6.07, 6.45) is 1.53. The third-order valence-electron chi connectivity index (χ3n) is 4.40. The van der Waals surface area contributed by atoms with E-state index in [1.165, 1.54) is 25.3 Å². The van der Waals surface area contributed by atoms with Crippen molar-refractivity contribution in [3.05, 3.63) is 58.1 Å². The van der Waals surface area contributed by atoms with Crippen LogP contribution in [0.5, 0.6) is 11.5 Å². The van der Waals surface area contributed by atoms with Crippen LogP contribution in [0.1, 0.15) is 25.3 Å². The number of rotatable bonds is 12. The van der Waals surface area contributed by atoms with Crippen LogP contribution in [0.3, 0.4) is 0 Å². The third-order valence-corrected chi connectivity index (χ3v) is 5.52. The number of nitro benzene ring substituents is 1. The molecule has 0 aliphatic rings. The molecule has 2 aromatic rings. The Hall–Kier alpha value is -3.34. The van der Waals surface area contributed by atoms with Gasteiger partial charge in [0.05, 0.1) is 38.0 Å². The normalized spacial score (nSPS) is 11.0. The van der Waals surface area contributed by atoms with Gasteiger partial charge in [-0.3, -0.25) is 19.2 Å². The van der Waals surface area contributed by atoms with Crippen LogP contribution in [0.25, 0.3) is 0 Å². The predicted octanol–water partition coefficient (Wildman–Crippen LogP) is 3.29. The van der Waals surface area contributed by atoms with E-state index < -0.39 is 14.9 Å². The zero-order valence-corrected chi connectivity index (χ0v) is 19.0. The molecule has 0 spiro atoms. The van der Waals surface area contributed by atoms with Crippen molar-refractivity contribution in [1.82, 2.24) is 0 Å². The number of nitrogens with zero attached hydrogens (tertiary/aromatic N) is 2. The smallest absolute Gasteiger partial charge is 0.305 e. The lowest BCUT2D eigenvalue weighted by Gasteiger charge is -2.23. The molecule has 0 radical (unpaired) electrons. The monoisotopic (exact) mass is 466 g/mol. The number of carbonyl (C=O) groups is 1. The van der Waals surface area contributed by atoms with E-state index in [9.17, 15) is 23.3 Å². The van der Waals surface area contributed by atoms with Gasteiger partial charge in [-0.05, 0) is 37.1 Å². The van der Waals surface area contributed by atoms with Gasteiger partial charge in [0.15, 0.2) is 0 Å². The molecule has 0 unspecified atom stereocenters. The van der Waals surface area contributed by atoms with Crippen molar-refractivity contribution in [2.75, 3.05) is 30.9 Å². The van der Waals surface area contributed by atoms with Gasteiger partial charge in [0, 0.05) is 18.6 Å². The first kappa shape index (κ1) is 24.9. The molecule has 10 nitrogen and oxygen atoms in total. The summed E-state index contributed by atoms with van der Waals surface area (Å²) in [4.78, 5) is 22.3. The second-order valence-electron chi connectivity index (χ2n) is 6.78. The minimum absolute atomic E-state index is 0.115. The number of hydrogen-bond acceptors (Lipinski definition) is 8. The highest BCUT2D eigenvalue weighted by Crippen LogP contribution is 2.35. The second kappa shape index (κ2) is 11.3. The molecule has 0 amide bonds. The lowest BCUT2D eigenvalue weighted by atomic mass is 10.2. The quantitative estimate of drug-likeness (QED) is 0.202. The Morgan fingerprint density at radius 1 is 1.12 bits per heavy atom. The van der Waals surface area contributed by atoms with Gasteiger partial charge in [0.25, 0.3) is 5.69 Å². The van der Waals surface area contributed by atoms with Crippen LogP contribution >= 0.6 is 0 Å². The first-order valence-corrected chi connectivity index (χ1v) is 11.7. The number of sulfonamides is 1. The minimum Gasteiger partial charge on any atom is -0.497 e. The summed E-state index contributed by atoms with van der Waals surface area (Å²) in [5, 5.41) is 11.6. The van der Waals surface area contributed by atoms with Crippen molar-refractivity contribution < 1.29 is 32.3 Å². The first-order valence-electron chi connectivity index (χ1n) is 9.83. The van der Waals surface area contributed by atoms with Gasteiger partial charge in [0.2, 0.25) is 10.0 Å². The Balaban J connectivity index is 2.28. The van der Waals surface area contributed by atoms with E-state index in [1.807, 2.05) is 0 Å². The summed E-state index contributed by atoms with van der Waals surface area (Å²) in [5.41, 5.74) is 0.130. The largest absolute Gasteiger partial charge is 0.497 e. The van der Waals surface area contributed by atoms with Crippen molar-refractivity contribution >= 4 is 27.4 Å². The summed E-state index contributed by atoms with van der Waals surface area (Å²) in [5.74, 6) is 0.505. The molecule has 0 bridgehead atoms. The average Bonchev–Trinajstić information content (AvgIpc) is 2.74. The maximum atomic E-state index is 12.5. The number of esters is 1. The average molecular weight is 467 g/mol. The fourth-order valence-electron chi connectivity index (χ4n) is 2.86. The molecule has 2 rings (SSSR count). The van der Waals surface area contributed by atoms with Crippen LogP contribution in [0, 0.1) is 10.1 Å².